The van der Waals surface area contributed by atoms with E-state index in [0.29, 0.717) is 23.2 Å². The monoisotopic (exact) mass is 315 g/mol. The number of amides is 1. The first-order valence-electron chi connectivity index (χ1n) is 5.75. The van der Waals surface area contributed by atoms with Crippen molar-refractivity contribution in [3.63, 3.8) is 0 Å². The van der Waals surface area contributed by atoms with Gasteiger partial charge in [-0.05, 0) is 48.2 Å². The van der Waals surface area contributed by atoms with E-state index in [9.17, 15) is 14.7 Å². The molecule has 2 heterocycles. The molecule has 98 valence electrons. The second-order valence-corrected chi connectivity index (χ2v) is 5.32. The van der Waals surface area contributed by atoms with E-state index in [2.05, 4.69) is 15.9 Å². The van der Waals surface area contributed by atoms with Crippen molar-refractivity contribution >= 4 is 27.8 Å². The fourth-order valence-electron chi connectivity index (χ4n) is 2.26. The molecule has 5 nitrogen and oxygen atoms in total. The summed E-state index contributed by atoms with van der Waals surface area (Å²) in [6.07, 6.45) is 3.52. The quantitative estimate of drug-likeness (QED) is 0.910. The van der Waals surface area contributed by atoms with Crippen LogP contribution in [0.15, 0.2) is 21.4 Å². The lowest BCUT2D eigenvalue weighted by Gasteiger charge is -2.41. The lowest BCUT2D eigenvalue weighted by Crippen LogP contribution is -2.57. The maximum atomic E-state index is 12.4. The lowest BCUT2D eigenvalue weighted by molar-refractivity contribution is -0.150. The minimum atomic E-state index is -1.13. The van der Waals surface area contributed by atoms with E-state index in [1.807, 2.05) is 0 Å². The van der Waals surface area contributed by atoms with Crippen LogP contribution in [0.1, 0.15) is 36.5 Å². The van der Waals surface area contributed by atoms with Crippen LogP contribution in [-0.2, 0) is 4.79 Å². The summed E-state index contributed by atoms with van der Waals surface area (Å²) in [5.41, 5.74) is -0.768. The number of hydrogen-bond donors (Lipinski definition) is 1. The molecule has 6 heteroatoms. The fourth-order valence-corrected chi connectivity index (χ4v) is 2.67. The van der Waals surface area contributed by atoms with E-state index in [-0.39, 0.29) is 5.91 Å². The van der Waals surface area contributed by atoms with Gasteiger partial charge in [-0.15, -0.1) is 0 Å². The molecule has 18 heavy (non-hydrogen) atoms. The highest BCUT2D eigenvalue weighted by Gasteiger charge is 2.44. The number of carboxylic acids is 1. The summed E-state index contributed by atoms with van der Waals surface area (Å²) < 4.78 is 5.37. The van der Waals surface area contributed by atoms with Gasteiger partial charge in [0, 0.05) is 6.54 Å². The molecule has 1 aliphatic heterocycles. The third-order valence-electron chi connectivity index (χ3n) is 3.45. The summed E-state index contributed by atoms with van der Waals surface area (Å²) in [4.78, 5) is 25.2. The second kappa shape index (κ2) is 4.76. The van der Waals surface area contributed by atoms with Crippen LogP contribution in [0.3, 0.4) is 0 Å². The van der Waals surface area contributed by atoms with E-state index in [0.717, 1.165) is 12.8 Å². The number of halogens is 1. The van der Waals surface area contributed by atoms with Crippen molar-refractivity contribution in [2.24, 2.45) is 0 Å². The molecule has 0 saturated carbocycles. The zero-order valence-electron chi connectivity index (χ0n) is 9.98. The van der Waals surface area contributed by atoms with Crippen LogP contribution in [0.4, 0.5) is 0 Å². The molecule has 1 unspecified atom stereocenters. The van der Waals surface area contributed by atoms with Crippen molar-refractivity contribution in [3.05, 3.63) is 22.6 Å². The summed E-state index contributed by atoms with van der Waals surface area (Å²) in [6, 6.07) is 1.54. The average Bonchev–Trinajstić information content (AvgIpc) is 2.75. The van der Waals surface area contributed by atoms with Gasteiger partial charge in [0.15, 0.2) is 4.67 Å². The molecule has 1 aliphatic rings. The zero-order valence-corrected chi connectivity index (χ0v) is 11.6. The van der Waals surface area contributed by atoms with E-state index < -0.39 is 11.5 Å². The van der Waals surface area contributed by atoms with Gasteiger partial charge in [0.25, 0.3) is 5.91 Å². The third kappa shape index (κ3) is 2.05. The number of carbonyl (C=O) groups is 2. The number of furan rings is 1. The SMILES string of the molecule is CC1(C(=O)O)CCCCN1C(=O)c1ccoc1Br. The van der Waals surface area contributed by atoms with Crippen LogP contribution in [-0.4, -0.2) is 34.0 Å². The molecule has 0 spiro atoms. The maximum absolute atomic E-state index is 12.4. The molecule has 1 saturated heterocycles. The van der Waals surface area contributed by atoms with Crippen LogP contribution in [0, 0.1) is 0 Å². The molecule has 0 aliphatic carbocycles. The standard InChI is InChI=1S/C12H14BrNO4/c1-12(11(16)17)5-2-3-6-14(12)10(15)8-4-7-18-9(8)13/h4,7H,2-3,5-6H2,1H3,(H,16,17). The van der Waals surface area contributed by atoms with Gasteiger partial charge in [-0.2, -0.15) is 0 Å². The Morgan fingerprint density at radius 3 is 2.78 bits per heavy atom. The molecule has 2 rings (SSSR count). The second-order valence-electron chi connectivity index (χ2n) is 4.60. The summed E-state index contributed by atoms with van der Waals surface area (Å²) >= 11 is 3.15. The smallest absolute Gasteiger partial charge is 0.329 e. The molecule has 1 amide bonds. The molecular weight excluding hydrogens is 302 g/mol. The number of hydrogen-bond acceptors (Lipinski definition) is 3. The third-order valence-corrected chi connectivity index (χ3v) is 4.06. The number of piperidine rings is 1. The van der Waals surface area contributed by atoms with Gasteiger partial charge in [-0.25, -0.2) is 4.79 Å². The Morgan fingerprint density at radius 2 is 2.22 bits per heavy atom. The first-order chi connectivity index (χ1) is 8.47. The highest BCUT2D eigenvalue weighted by Crippen LogP contribution is 2.31. The van der Waals surface area contributed by atoms with Crippen molar-refractivity contribution < 1.29 is 19.1 Å². The summed E-state index contributed by atoms with van der Waals surface area (Å²) in [7, 11) is 0. The highest BCUT2D eigenvalue weighted by molar-refractivity contribution is 9.10. The molecule has 1 fully saturated rings. The van der Waals surface area contributed by atoms with Gasteiger partial charge in [-0.3, -0.25) is 4.79 Å². The number of carboxylic acid groups (broad SMARTS) is 1. The zero-order chi connectivity index (χ0) is 13.3. The largest absolute Gasteiger partial charge is 0.480 e. The predicted molar refractivity (Wildman–Crippen MR) is 67.3 cm³/mol. The van der Waals surface area contributed by atoms with E-state index in [1.165, 1.54) is 11.2 Å². The normalized spacial score (nSPS) is 24.0. The van der Waals surface area contributed by atoms with Crippen molar-refractivity contribution in [2.75, 3.05) is 6.54 Å². The maximum Gasteiger partial charge on any atom is 0.329 e. The molecule has 1 aromatic rings. The number of nitrogens with zero attached hydrogens (tertiary/aromatic N) is 1. The predicted octanol–water partition coefficient (Wildman–Crippen LogP) is 2.51. The van der Waals surface area contributed by atoms with Crippen molar-refractivity contribution in [3.8, 4) is 0 Å². The summed E-state index contributed by atoms with van der Waals surface area (Å²) in [5.74, 6) is -1.27. The number of likely N-dealkylation sites (tertiary alicyclic amines) is 1. The van der Waals surface area contributed by atoms with Gasteiger partial charge >= 0.3 is 5.97 Å². The Labute approximate surface area is 113 Å². The average molecular weight is 316 g/mol. The summed E-state index contributed by atoms with van der Waals surface area (Å²) in [5, 5.41) is 9.35. The first-order valence-corrected chi connectivity index (χ1v) is 6.54. The van der Waals surface area contributed by atoms with Crippen LogP contribution in [0.5, 0.6) is 0 Å². The highest BCUT2D eigenvalue weighted by atomic mass is 79.9. The lowest BCUT2D eigenvalue weighted by atomic mass is 9.88. The van der Waals surface area contributed by atoms with E-state index in [1.54, 1.807) is 13.0 Å². The van der Waals surface area contributed by atoms with Gasteiger partial charge in [0.1, 0.15) is 5.54 Å². The number of carbonyl (C=O) groups excluding carboxylic acids is 1. The number of aliphatic carboxylic acids is 1. The Morgan fingerprint density at radius 1 is 1.50 bits per heavy atom. The van der Waals surface area contributed by atoms with Crippen LogP contribution in [0.2, 0.25) is 0 Å². The Hall–Kier alpha value is -1.30. The minimum Gasteiger partial charge on any atom is -0.480 e. The topological polar surface area (TPSA) is 70.8 Å². The minimum absolute atomic E-state index is 0.305. The summed E-state index contributed by atoms with van der Waals surface area (Å²) in [6.45, 7) is 2.06. The Kier molecular flexibility index (Phi) is 3.47. The Balaban J connectivity index is 2.33. The molecule has 0 bridgehead atoms. The molecule has 1 N–H and O–H groups in total. The van der Waals surface area contributed by atoms with Crippen molar-refractivity contribution in [2.45, 2.75) is 31.7 Å². The van der Waals surface area contributed by atoms with E-state index in [4.69, 9.17) is 4.42 Å². The van der Waals surface area contributed by atoms with Gasteiger partial charge in [0.05, 0.1) is 11.8 Å². The van der Waals surface area contributed by atoms with Crippen LogP contribution >= 0.6 is 15.9 Å². The Bertz CT molecular complexity index is 484. The van der Waals surface area contributed by atoms with Gasteiger partial charge in [-0.1, -0.05) is 0 Å². The van der Waals surface area contributed by atoms with Crippen LogP contribution < -0.4 is 0 Å². The van der Waals surface area contributed by atoms with Gasteiger partial charge < -0.3 is 14.4 Å². The molecule has 0 aromatic carbocycles. The molecule has 1 aromatic heterocycles. The van der Waals surface area contributed by atoms with Crippen LogP contribution in [0.25, 0.3) is 0 Å². The molecule has 1 atom stereocenters. The van der Waals surface area contributed by atoms with Gasteiger partial charge in [0.2, 0.25) is 0 Å². The van der Waals surface area contributed by atoms with E-state index >= 15 is 0 Å². The fraction of sp³-hybridized carbons (Fsp3) is 0.500. The van der Waals surface area contributed by atoms with Crippen molar-refractivity contribution in [1.29, 1.82) is 0 Å². The van der Waals surface area contributed by atoms with Crippen molar-refractivity contribution in [1.82, 2.24) is 4.90 Å². The molecular formula is C12H14BrNO4. The number of rotatable bonds is 2. The first kappa shape index (κ1) is 13.1. The molecule has 0 radical (unpaired) electrons.